The summed E-state index contributed by atoms with van der Waals surface area (Å²) in [6, 6.07) is 6.67. The summed E-state index contributed by atoms with van der Waals surface area (Å²) in [5, 5.41) is 0. The van der Waals surface area contributed by atoms with E-state index < -0.39 is 10.0 Å². The standard InChI is InChI=1S/C13H19NO3S/c1-17-12-7-6-8-13(11-12)18(15,16)14-9-4-2-3-5-10-14/h6-8,11H,2-5,9-10H2,1H3. The average molecular weight is 269 g/mol. The van der Waals surface area contributed by atoms with E-state index >= 15 is 0 Å². The summed E-state index contributed by atoms with van der Waals surface area (Å²) >= 11 is 0. The minimum atomic E-state index is -3.36. The Labute approximate surface area is 109 Å². The average Bonchev–Trinajstić information content (AvgIpc) is 2.68. The second-order valence-corrected chi connectivity index (χ2v) is 6.44. The maximum atomic E-state index is 12.5. The SMILES string of the molecule is COc1cccc(S(=O)(=O)N2CCCCCC2)c1. The van der Waals surface area contributed by atoms with Crippen LogP contribution in [-0.2, 0) is 10.0 Å². The van der Waals surface area contributed by atoms with Crippen molar-refractivity contribution < 1.29 is 13.2 Å². The second kappa shape index (κ2) is 5.71. The molecule has 0 spiro atoms. The van der Waals surface area contributed by atoms with Gasteiger partial charge in [0.1, 0.15) is 5.75 Å². The molecule has 2 rings (SSSR count). The van der Waals surface area contributed by atoms with Crippen LogP contribution < -0.4 is 4.74 Å². The minimum absolute atomic E-state index is 0.323. The first-order valence-corrected chi connectivity index (χ1v) is 7.73. The highest BCUT2D eigenvalue weighted by Gasteiger charge is 2.25. The van der Waals surface area contributed by atoms with Crippen LogP contribution in [0.25, 0.3) is 0 Å². The van der Waals surface area contributed by atoms with E-state index in [1.165, 1.54) is 7.11 Å². The topological polar surface area (TPSA) is 46.6 Å². The van der Waals surface area contributed by atoms with Gasteiger partial charge in [-0.05, 0) is 25.0 Å². The smallest absolute Gasteiger partial charge is 0.243 e. The molecule has 0 radical (unpaired) electrons. The monoisotopic (exact) mass is 269 g/mol. The predicted molar refractivity (Wildman–Crippen MR) is 70.2 cm³/mol. The zero-order chi connectivity index (χ0) is 13.0. The Bertz CT molecular complexity index is 491. The molecule has 0 saturated carbocycles. The molecule has 5 heteroatoms. The lowest BCUT2D eigenvalue weighted by Gasteiger charge is -2.20. The Morgan fingerprint density at radius 2 is 1.78 bits per heavy atom. The summed E-state index contributed by atoms with van der Waals surface area (Å²) in [5.74, 6) is 0.575. The van der Waals surface area contributed by atoms with Gasteiger partial charge in [-0.3, -0.25) is 0 Å². The molecule has 0 aliphatic carbocycles. The van der Waals surface area contributed by atoms with Crippen molar-refractivity contribution in [2.24, 2.45) is 0 Å². The molecular weight excluding hydrogens is 250 g/mol. The van der Waals surface area contributed by atoms with Crippen molar-refractivity contribution in [2.75, 3.05) is 20.2 Å². The number of benzene rings is 1. The number of hydrogen-bond donors (Lipinski definition) is 0. The fourth-order valence-electron chi connectivity index (χ4n) is 2.19. The molecule has 1 saturated heterocycles. The van der Waals surface area contributed by atoms with E-state index in [4.69, 9.17) is 4.74 Å². The maximum Gasteiger partial charge on any atom is 0.243 e. The highest BCUT2D eigenvalue weighted by molar-refractivity contribution is 7.89. The van der Waals surface area contributed by atoms with Crippen molar-refractivity contribution in [1.29, 1.82) is 0 Å². The van der Waals surface area contributed by atoms with Crippen LogP contribution in [0, 0.1) is 0 Å². The highest BCUT2D eigenvalue weighted by Crippen LogP contribution is 2.23. The lowest BCUT2D eigenvalue weighted by molar-refractivity contribution is 0.410. The van der Waals surface area contributed by atoms with Crippen molar-refractivity contribution in [3.8, 4) is 5.75 Å². The molecule has 4 nitrogen and oxygen atoms in total. The molecule has 0 bridgehead atoms. The maximum absolute atomic E-state index is 12.5. The summed E-state index contributed by atoms with van der Waals surface area (Å²) in [4.78, 5) is 0.323. The molecule has 0 aromatic heterocycles. The summed E-state index contributed by atoms with van der Waals surface area (Å²) < 4.78 is 31.6. The lowest BCUT2D eigenvalue weighted by atomic mass is 10.2. The van der Waals surface area contributed by atoms with Crippen molar-refractivity contribution >= 4 is 10.0 Å². The molecule has 1 heterocycles. The van der Waals surface area contributed by atoms with Gasteiger partial charge in [-0.25, -0.2) is 8.42 Å². The molecule has 0 atom stereocenters. The second-order valence-electron chi connectivity index (χ2n) is 4.50. The van der Waals surface area contributed by atoms with Gasteiger partial charge in [0, 0.05) is 19.2 Å². The molecular formula is C13H19NO3S. The third-order valence-corrected chi connectivity index (χ3v) is 5.14. The molecule has 0 amide bonds. The molecule has 0 N–H and O–H groups in total. The summed E-state index contributed by atoms with van der Waals surface area (Å²) in [7, 11) is -1.83. The lowest BCUT2D eigenvalue weighted by Crippen LogP contribution is -2.31. The zero-order valence-corrected chi connectivity index (χ0v) is 11.4. The molecule has 1 fully saturated rings. The van der Waals surface area contributed by atoms with Gasteiger partial charge < -0.3 is 4.74 Å². The van der Waals surface area contributed by atoms with E-state index in [9.17, 15) is 8.42 Å². The van der Waals surface area contributed by atoms with Crippen molar-refractivity contribution in [3.63, 3.8) is 0 Å². The Morgan fingerprint density at radius 3 is 2.39 bits per heavy atom. The van der Waals surface area contributed by atoms with Gasteiger partial charge in [0.2, 0.25) is 10.0 Å². The fourth-order valence-corrected chi connectivity index (χ4v) is 3.75. The Hall–Kier alpha value is -1.07. The highest BCUT2D eigenvalue weighted by atomic mass is 32.2. The van der Waals surface area contributed by atoms with Crippen LogP contribution in [0.15, 0.2) is 29.2 Å². The van der Waals surface area contributed by atoms with Crippen molar-refractivity contribution in [3.05, 3.63) is 24.3 Å². The van der Waals surface area contributed by atoms with Gasteiger partial charge in [0.15, 0.2) is 0 Å². The van der Waals surface area contributed by atoms with Crippen LogP contribution in [0.3, 0.4) is 0 Å². The van der Waals surface area contributed by atoms with Gasteiger partial charge in [-0.1, -0.05) is 18.9 Å². The van der Waals surface area contributed by atoms with Crippen LogP contribution in [-0.4, -0.2) is 32.9 Å². The van der Waals surface area contributed by atoms with Gasteiger partial charge in [-0.15, -0.1) is 0 Å². The zero-order valence-electron chi connectivity index (χ0n) is 10.6. The van der Waals surface area contributed by atoms with Gasteiger partial charge in [-0.2, -0.15) is 4.31 Å². The van der Waals surface area contributed by atoms with Gasteiger partial charge in [0.05, 0.1) is 12.0 Å². The van der Waals surface area contributed by atoms with E-state index in [-0.39, 0.29) is 0 Å². The van der Waals surface area contributed by atoms with Crippen LogP contribution in [0.4, 0.5) is 0 Å². The van der Waals surface area contributed by atoms with Gasteiger partial charge in [0.25, 0.3) is 0 Å². The number of nitrogens with zero attached hydrogens (tertiary/aromatic N) is 1. The van der Waals surface area contributed by atoms with Crippen LogP contribution in [0.2, 0.25) is 0 Å². The summed E-state index contributed by atoms with van der Waals surface area (Å²) in [5.41, 5.74) is 0. The number of rotatable bonds is 3. The third kappa shape index (κ3) is 2.84. The first-order chi connectivity index (χ1) is 8.64. The van der Waals surface area contributed by atoms with E-state index in [1.807, 2.05) is 0 Å². The molecule has 100 valence electrons. The number of sulfonamides is 1. The fraction of sp³-hybridized carbons (Fsp3) is 0.538. The largest absolute Gasteiger partial charge is 0.497 e. The van der Waals surface area contributed by atoms with E-state index in [0.29, 0.717) is 23.7 Å². The first kappa shape index (κ1) is 13.4. The molecule has 1 aliphatic heterocycles. The number of ether oxygens (including phenoxy) is 1. The number of methoxy groups -OCH3 is 1. The van der Waals surface area contributed by atoms with E-state index in [2.05, 4.69) is 0 Å². The summed E-state index contributed by atoms with van der Waals surface area (Å²) in [6.45, 7) is 1.25. The van der Waals surface area contributed by atoms with Crippen molar-refractivity contribution in [2.45, 2.75) is 30.6 Å². The Balaban J connectivity index is 2.28. The minimum Gasteiger partial charge on any atom is -0.497 e. The number of hydrogen-bond acceptors (Lipinski definition) is 3. The first-order valence-electron chi connectivity index (χ1n) is 6.29. The third-order valence-electron chi connectivity index (χ3n) is 3.24. The molecule has 1 aliphatic rings. The molecule has 1 aromatic carbocycles. The van der Waals surface area contributed by atoms with E-state index in [1.54, 1.807) is 28.6 Å². The molecule has 18 heavy (non-hydrogen) atoms. The van der Waals surface area contributed by atoms with Crippen LogP contribution in [0.1, 0.15) is 25.7 Å². The molecule has 1 aromatic rings. The van der Waals surface area contributed by atoms with Gasteiger partial charge >= 0.3 is 0 Å². The predicted octanol–water partition coefficient (Wildman–Crippen LogP) is 2.26. The Kier molecular flexibility index (Phi) is 4.24. The quantitative estimate of drug-likeness (QED) is 0.845. The van der Waals surface area contributed by atoms with Crippen LogP contribution in [0.5, 0.6) is 5.75 Å². The summed E-state index contributed by atoms with van der Waals surface area (Å²) in [6.07, 6.45) is 4.13. The Morgan fingerprint density at radius 1 is 1.11 bits per heavy atom. The van der Waals surface area contributed by atoms with E-state index in [0.717, 1.165) is 25.7 Å². The molecule has 0 unspecified atom stereocenters. The normalized spacial score (nSPS) is 18.3. The van der Waals surface area contributed by atoms with Crippen molar-refractivity contribution in [1.82, 2.24) is 4.31 Å². The van der Waals surface area contributed by atoms with Crippen LogP contribution >= 0.6 is 0 Å².